The van der Waals surface area contributed by atoms with Gasteiger partial charge in [0.15, 0.2) is 5.17 Å². The SMILES string of the molecule is O=C(NC1=NCCS1)c1ccc(CN2CCc3ccccc32)cc1. The zero-order valence-corrected chi connectivity index (χ0v) is 14.2. The molecule has 0 spiro atoms. The molecule has 0 saturated carbocycles. The van der Waals surface area contributed by atoms with Gasteiger partial charge in [-0.3, -0.25) is 9.79 Å². The van der Waals surface area contributed by atoms with E-state index in [1.807, 2.05) is 24.3 Å². The normalized spacial score (nSPS) is 16.0. The Morgan fingerprint density at radius 1 is 1.17 bits per heavy atom. The van der Waals surface area contributed by atoms with Gasteiger partial charge in [0.2, 0.25) is 0 Å². The van der Waals surface area contributed by atoms with Crippen LogP contribution in [0, 0.1) is 0 Å². The van der Waals surface area contributed by atoms with E-state index in [0.717, 1.165) is 37.0 Å². The van der Waals surface area contributed by atoms with Gasteiger partial charge in [-0.15, -0.1) is 0 Å². The lowest BCUT2D eigenvalue weighted by Crippen LogP contribution is -2.27. The van der Waals surface area contributed by atoms with Gasteiger partial charge in [0.05, 0.1) is 6.54 Å². The van der Waals surface area contributed by atoms with Crippen molar-refractivity contribution in [2.45, 2.75) is 13.0 Å². The van der Waals surface area contributed by atoms with Crippen LogP contribution in [0.2, 0.25) is 0 Å². The zero-order valence-electron chi connectivity index (χ0n) is 13.4. The minimum absolute atomic E-state index is 0.0822. The van der Waals surface area contributed by atoms with E-state index >= 15 is 0 Å². The third kappa shape index (κ3) is 3.17. The Kier molecular flexibility index (Phi) is 4.26. The maximum Gasteiger partial charge on any atom is 0.257 e. The van der Waals surface area contributed by atoms with Crippen molar-refractivity contribution < 1.29 is 4.79 Å². The number of para-hydroxylation sites is 1. The van der Waals surface area contributed by atoms with Crippen LogP contribution >= 0.6 is 11.8 Å². The van der Waals surface area contributed by atoms with Crippen molar-refractivity contribution >= 4 is 28.5 Å². The minimum Gasteiger partial charge on any atom is -0.367 e. The molecular formula is C19H19N3OS. The van der Waals surface area contributed by atoms with Gasteiger partial charge >= 0.3 is 0 Å². The van der Waals surface area contributed by atoms with Gasteiger partial charge in [-0.05, 0) is 35.7 Å². The number of thioether (sulfide) groups is 1. The summed E-state index contributed by atoms with van der Waals surface area (Å²) in [4.78, 5) is 18.9. The maximum atomic E-state index is 12.2. The van der Waals surface area contributed by atoms with E-state index in [4.69, 9.17) is 0 Å². The van der Waals surface area contributed by atoms with Crippen molar-refractivity contribution in [3.8, 4) is 0 Å². The van der Waals surface area contributed by atoms with Crippen molar-refractivity contribution in [3.63, 3.8) is 0 Å². The average molecular weight is 337 g/mol. The number of anilines is 1. The topological polar surface area (TPSA) is 44.7 Å². The lowest BCUT2D eigenvalue weighted by atomic mass is 10.1. The van der Waals surface area contributed by atoms with Crippen LogP contribution in [-0.4, -0.2) is 29.9 Å². The Hall–Kier alpha value is -2.27. The number of amidine groups is 1. The Morgan fingerprint density at radius 2 is 2.00 bits per heavy atom. The monoisotopic (exact) mass is 337 g/mol. The van der Waals surface area contributed by atoms with Crippen molar-refractivity contribution in [1.29, 1.82) is 0 Å². The molecule has 2 aromatic carbocycles. The Labute approximate surface area is 146 Å². The van der Waals surface area contributed by atoms with E-state index in [1.54, 1.807) is 11.8 Å². The first-order chi connectivity index (χ1) is 11.8. The molecule has 2 aliphatic rings. The van der Waals surface area contributed by atoms with E-state index in [0.29, 0.717) is 5.56 Å². The van der Waals surface area contributed by atoms with Gasteiger partial charge in [-0.1, -0.05) is 42.1 Å². The second-order valence-electron chi connectivity index (χ2n) is 5.99. The van der Waals surface area contributed by atoms with Gasteiger partial charge in [0, 0.05) is 30.1 Å². The molecule has 0 bridgehead atoms. The van der Waals surface area contributed by atoms with E-state index in [1.165, 1.54) is 16.8 Å². The molecule has 2 heterocycles. The number of nitrogens with zero attached hydrogens (tertiary/aromatic N) is 2. The highest BCUT2D eigenvalue weighted by Crippen LogP contribution is 2.28. The first kappa shape index (κ1) is 15.3. The number of nitrogens with one attached hydrogen (secondary N) is 1. The summed E-state index contributed by atoms with van der Waals surface area (Å²) >= 11 is 1.59. The van der Waals surface area contributed by atoms with E-state index in [9.17, 15) is 4.79 Å². The fourth-order valence-corrected chi connectivity index (χ4v) is 3.86. The second kappa shape index (κ2) is 6.69. The van der Waals surface area contributed by atoms with Crippen LogP contribution in [0.5, 0.6) is 0 Å². The molecule has 4 nitrogen and oxygen atoms in total. The number of rotatable bonds is 3. The third-order valence-electron chi connectivity index (χ3n) is 4.38. The predicted octanol–water partition coefficient (Wildman–Crippen LogP) is 3.08. The lowest BCUT2D eigenvalue weighted by molar-refractivity contribution is 0.0978. The van der Waals surface area contributed by atoms with E-state index in [-0.39, 0.29) is 5.91 Å². The summed E-state index contributed by atoms with van der Waals surface area (Å²) in [7, 11) is 0. The van der Waals surface area contributed by atoms with Crippen LogP contribution < -0.4 is 10.2 Å². The molecule has 0 atom stereocenters. The van der Waals surface area contributed by atoms with Crippen LogP contribution in [0.1, 0.15) is 21.5 Å². The van der Waals surface area contributed by atoms with E-state index < -0.39 is 0 Å². The van der Waals surface area contributed by atoms with Gasteiger partial charge in [0.25, 0.3) is 5.91 Å². The molecule has 5 heteroatoms. The molecule has 2 aromatic rings. The number of carbonyl (C=O) groups is 1. The Balaban J connectivity index is 1.42. The quantitative estimate of drug-likeness (QED) is 0.936. The van der Waals surface area contributed by atoms with Gasteiger partial charge < -0.3 is 10.2 Å². The molecular weight excluding hydrogens is 318 g/mol. The summed E-state index contributed by atoms with van der Waals surface area (Å²) in [5, 5.41) is 3.60. The molecule has 2 aliphatic heterocycles. The largest absolute Gasteiger partial charge is 0.367 e. The molecule has 0 aromatic heterocycles. The van der Waals surface area contributed by atoms with Crippen LogP contribution in [-0.2, 0) is 13.0 Å². The van der Waals surface area contributed by atoms with Gasteiger partial charge in [-0.2, -0.15) is 0 Å². The van der Waals surface area contributed by atoms with Crippen molar-refractivity contribution in [2.75, 3.05) is 23.7 Å². The van der Waals surface area contributed by atoms with Crippen LogP contribution in [0.25, 0.3) is 0 Å². The van der Waals surface area contributed by atoms with Gasteiger partial charge in [0.1, 0.15) is 0 Å². The summed E-state index contributed by atoms with van der Waals surface area (Å²) in [5.74, 6) is 0.868. The molecule has 1 amide bonds. The number of aliphatic imine (C=N–C) groups is 1. The second-order valence-corrected chi connectivity index (χ2v) is 7.07. The standard InChI is InChI=1S/C19H19N3OS/c23-18(21-19-20-10-12-24-19)16-7-5-14(6-8-16)13-22-11-9-15-3-1-2-4-17(15)22/h1-8H,9-13H2,(H,20,21,23). The summed E-state index contributed by atoms with van der Waals surface area (Å²) in [6.07, 6.45) is 1.11. The zero-order chi connectivity index (χ0) is 16.4. The number of fused-ring (bicyclic) bond motifs is 1. The van der Waals surface area contributed by atoms with Crippen molar-refractivity contribution in [1.82, 2.24) is 5.32 Å². The van der Waals surface area contributed by atoms with Gasteiger partial charge in [-0.25, -0.2) is 0 Å². The number of amides is 1. The lowest BCUT2D eigenvalue weighted by Gasteiger charge is -2.19. The molecule has 4 rings (SSSR count). The maximum absolute atomic E-state index is 12.2. The minimum atomic E-state index is -0.0822. The summed E-state index contributed by atoms with van der Waals surface area (Å²) in [6.45, 7) is 2.72. The highest BCUT2D eigenvalue weighted by atomic mass is 32.2. The van der Waals surface area contributed by atoms with Crippen LogP contribution in [0.4, 0.5) is 5.69 Å². The molecule has 0 aliphatic carbocycles. The predicted molar refractivity (Wildman–Crippen MR) is 99.9 cm³/mol. The highest BCUT2D eigenvalue weighted by Gasteiger charge is 2.18. The Morgan fingerprint density at radius 3 is 2.79 bits per heavy atom. The molecule has 0 saturated heterocycles. The Bertz CT molecular complexity index is 785. The summed E-state index contributed by atoms with van der Waals surface area (Å²) < 4.78 is 0. The fourth-order valence-electron chi connectivity index (χ4n) is 3.13. The molecule has 0 unspecified atom stereocenters. The van der Waals surface area contributed by atoms with Crippen LogP contribution in [0.3, 0.4) is 0 Å². The highest BCUT2D eigenvalue weighted by molar-refractivity contribution is 8.14. The molecule has 1 N–H and O–H groups in total. The number of hydrogen-bond acceptors (Lipinski definition) is 4. The molecule has 122 valence electrons. The third-order valence-corrected chi connectivity index (χ3v) is 5.27. The smallest absolute Gasteiger partial charge is 0.257 e. The molecule has 0 fully saturated rings. The number of benzene rings is 2. The first-order valence-corrected chi connectivity index (χ1v) is 9.18. The van der Waals surface area contributed by atoms with Crippen molar-refractivity contribution in [3.05, 3.63) is 65.2 Å². The van der Waals surface area contributed by atoms with Crippen LogP contribution in [0.15, 0.2) is 53.5 Å². The summed E-state index contributed by atoms with van der Waals surface area (Å²) in [6, 6.07) is 16.5. The number of carbonyl (C=O) groups excluding carboxylic acids is 1. The average Bonchev–Trinajstić information content (AvgIpc) is 3.26. The summed E-state index contributed by atoms with van der Waals surface area (Å²) in [5.41, 5.74) is 4.64. The van der Waals surface area contributed by atoms with Crippen molar-refractivity contribution in [2.24, 2.45) is 4.99 Å². The number of hydrogen-bond donors (Lipinski definition) is 1. The van der Waals surface area contributed by atoms with E-state index in [2.05, 4.69) is 39.5 Å². The molecule has 24 heavy (non-hydrogen) atoms. The fraction of sp³-hybridized carbons (Fsp3) is 0.263. The first-order valence-electron chi connectivity index (χ1n) is 8.20. The molecule has 0 radical (unpaired) electrons.